The molecule has 7 heteroatoms. The maximum absolute atomic E-state index is 11.4. The second kappa shape index (κ2) is 5.25. The number of fused-ring (bicyclic) bond motifs is 1. The molecule has 3 rings (SSSR count). The molecule has 1 aromatic rings. The van der Waals surface area contributed by atoms with Crippen LogP contribution in [0.3, 0.4) is 0 Å². The summed E-state index contributed by atoms with van der Waals surface area (Å²) in [5, 5.41) is 0.236. The van der Waals surface area contributed by atoms with Crippen molar-refractivity contribution in [2.75, 3.05) is 30.1 Å². The van der Waals surface area contributed by atoms with Gasteiger partial charge in [-0.25, -0.2) is 4.98 Å². The summed E-state index contributed by atoms with van der Waals surface area (Å²) in [6.45, 7) is 0.631. The van der Waals surface area contributed by atoms with Crippen LogP contribution in [0, 0.1) is 5.92 Å². The van der Waals surface area contributed by atoms with Crippen molar-refractivity contribution in [2.24, 2.45) is 5.92 Å². The van der Waals surface area contributed by atoms with E-state index in [0.29, 0.717) is 18.3 Å². The zero-order chi connectivity index (χ0) is 13.4. The van der Waals surface area contributed by atoms with Crippen molar-refractivity contribution in [3.8, 4) is 5.75 Å². The van der Waals surface area contributed by atoms with Gasteiger partial charge in [0.05, 0.1) is 12.2 Å². The molecule has 1 saturated heterocycles. The molecular weight excluding hydrogens is 286 g/mol. The second-order valence-corrected chi connectivity index (χ2v) is 7.04. The predicted molar refractivity (Wildman–Crippen MR) is 75.3 cm³/mol. The topological polar surface area (TPSA) is 55.3 Å². The first-order valence-electron chi connectivity index (χ1n) is 6.38. The smallest absolute Gasteiger partial charge is 0.224 e. The summed E-state index contributed by atoms with van der Waals surface area (Å²) in [5.41, 5.74) is 0. The highest BCUT2D eigenvalue weighted by molar-refractivity contribution is 7.85. The highest BCUT2D eigenvalue weighted by atomic mass is 35.5. The average molecular weight is 302 g/mol. The van der Waals surface area contributed by atoms with Crippen molar-refractivity contribution in [3.63, 3.8) is 0 Å². The quantitative estimate of drug-likeness (QED) is 0.736. The fraction of sp³-hybridized carbons (Fsp3) is 0.667. The molecule has 1 fully saturated rings. The van der Waals surface area contributed by atoms with E-state index in [-0.39, 0.29) is 11.3 Å². The zero-order valence-corrected chi connectivity index (χ0v) is 12.3. The summed E-state index contributed by atoms with van der Waals surface area (Å²) >= 11 is 5.85. The van der Waals surface area contributed by atoms with E-state index < -0.39 is 10.8 Å². The van der Waals surface area contributed by atoms with Crippen molar-refractivity contribution in [2.45, 2.75) is 18.9 Å². The molecular formula is C12H16ClN3O2S. The van der Waals surface area contributed by atoms with Gasteiger partial charge in [-0.1, -0.05) is 0 Å². The molecule has 5 nitrogen and oxygen atoms in total. The lowest BCUT2D eigenvalue weighted by molar-refractivity contribution is 0.213. The largest absolute Gasteiger partial charge is 0.486 e. The standard InChI is InChI=1S/C12H16ClN3O2S/c1-16-9(8-2-4-19(17)5-3-8)7-18-10-6-14-12(13)15-11(10)16/h6,8-9H,2-5,7H2,1H3. The summed E-state index contributed by atoms with van der Waals surface area (Å²) in [4.78, 5) is 10.3. The van der Waals surface area contributed by atoms with Crippen molar-refractivity contribution >= 4 is 28.2 Å². The van der Waals surface area contributed by atoms with E-state index in [1.165, 1.54) is 0 Å². The molecule has 1 atom stereocenters. The van der Waals surface area contributed by atoms with Crippen LogP contribution < -0.4 is 9.64 Å². The van der Waals surface area contributed by atoms with E-state index in [2.05, 4.69) is 14.9 Å². The first-order chi connectivity index (χ1) is 9.15. The van der Waals surface area contributed by atoms with Gasteiger partial charge in [0.2, 0.25) is 5.28 Å². The van der Waals surface area contributed by atoms with Gasteiger partial charge >= 0.3 is 0 Å². The number of aromatic nitrogens is 2. The lowest BCUT2D eigenvalue weighted by Crippen LogP contribution is -2.47. The minimum Gasteiger partial charge on any atom is -0.486 e. The normalized spacial score (nSPS) is 30.6. The minimum atomic E-state index is -0.631. The van der Waals surface area contributed by atoms with E-state index in [9.17, 15) is 4.21 Å². The molecule has 0 spiro atoms. The Morgan fingerprint density at radius 3 is 2.95 bits per heavy atom. The number of rotatable bonds is 1. The van der Waals surface area contributed by atoms with Crippen molar-refractivity contribution in [1.82, 2.24) is 9.97 Å². The fourth-order valence-corrected chi connectivity index (χ4v) is 4.25. The van der Waals surface area contributed by atoms with Gasteiger partial charge in [0.15, 0.2) is 11.6 Å². The number of halogens is 1. The number of likely N-dealkylation sites (N-methyl/N-ethyl adjacent to an activating group) is 1. The minimum absolute atomic E-state index is 0.236. The van der Waals surface area contributed by atoms with E-state index in [1.54, 1.807) is 6.20 Å². The van der Waals surface area contributed by atoms with Crippen molar-refractivity contribution in [3.05, 3.63) is 11.5 Å². The van der Waals surface area contributed by atoms with Gasteiger partial charge in [0, 0.05) is 29.4 Å². The highest BCUT2D eigenvalue weighted by Crippen LogP contribution is 2.35. The molecule has 1 aromatic heterocycles. The lowest BCUT2D eigenvalue weighted by atomic mass is 9.92. The molecule has 2 aliphatic rings. The summed E-state index contributed by atoms with van der Waals surface area (Å²) in [6, 6.07) is 0.274. The third-order valence-electron chi connectivity index (χ3n) is 3.92. The Bertz CT molecular complexity index is 504. The Balaban J connectivity index is 1.81. The molecule has 1 unspecified atom stereocenters. The highest BCUT2D eigenvalue weighted by Gasteiger charge is 2.34. The van der Waals surface area contributed by atoms with Crippen molar-refractivity contribution in [1.29, 1.82) is 0 Å². The van der Waals surface area contributed by atoms with Crippen LogP contribution >= 0.6 is 11.6 Å². The van der Waals surface area contributed by atoms with E-state index in [1.807, 2.05) is 7.05 Å². The number of hydrogen-bond donors (Lipinski definition) is 0. The molecule has 2 aliphatic heterocycles. The molecule has 0 aromatic carbocycles. The molecule has 0 amide bonds. The molecule has 104 valence electrons. The summed E-state index contributed by atoms with van der Waals surface area (Å²) < 4.78 is 17.2. The SMILES string of the molecule is CN1c2nc(Cl)ncc2OCC1C1CCS(=O)CC1. The van der Waals surface area contributed by atoms with Gasteiger partial charge in [-0.15, -0.1) is 0 Å². The van der Waals surface area contributed by atoms with Gasteiger partial charge in [0.25, 0.3) is 0 Å². The van der Waals surface area contributed by atoms with Crippen LogP contribution in [0.1, 0.15) is 12.8 Å². The summed E-state index contributed by atoms with van der Waals surface area (Å²) in [6.07, 6.45) is 3.59. The lowest BCUT2D eigenvalue weighted by Gasteiger charge is -2.40. The number of ether oxygens (including phenoxy) is 1. The van der Waals surface area contributed by atoms with Crippen LogP contribution in [-0.4, -0.2) is 45.4 Å². The van der Waals surface area contributed by atoms with Crippen LogP contribution in [0.2, 0.25) is 5.28 Å². The number of nitrogens with zero attached hydrogens (tertiary/aromatic N) is 3. The first kappa shape index (κ1) is 13.1. The molecule has 0 bridgehead atoms. The maximum atomic E-state index is 11.4. The molecule has 3 heterocycles. The third kappa shape index (κ3) is 2.56. The van der Waals surface area contributed by atoms with Gasteiger partial charge < -0.3 is 9.64 Å². The Morgan fingerprint density at radius 2 is 2.21 bits per heavy atom. The second-order valence-electron chi connectivity index (χ2n) is 5.00. The Morgan fingerprint density at radius 1 is 1.47 bits per heavy atom. The molecule has 0 radical (unpaired) electrons. The zero-order valence-electron chi connectivity index (χ0n) is 10.7. The van der Waals surface area contributed by atoms with Crippen molar-refractivity contribution < 1.29 is 8.95 Å². The predicted octanol–water partition coefficient (Wildman–Crippen LogP) is 1.49. The van der Waals surface area contributed by atoms with Crippen LogP contribution in [-0.2, 0) is 10.8 Å². The van der Waals surface area contributed by atoms with Gasteiger partial charge in [0.1, 0.15) is 6.61 Å². The monoisotopic (exact) mass is 301 g/mol. The number of anilines is 1. The molecule has 0 aliphatic carbocycles. The van der Waals surface area contributed by atoms with Crippen LogP contribution in [0.4, 0.5) is 5.82 Å². The van der Waals surface area contributed by atoms with E-state index in [0.717, 1.165) is 30.2 Å². The van der Waals surface area contributed by atoms with Gasteiger partial charge in [-0.3, -0.25) is 4.21 Å². The van der Waals surface area contributed by atoms with Gasteiger partial charge in [-0.05, 0) is 30.4 Å². The van der Waals surface area contributed by atoms with Crippen LogP contribution in [0.25, 0.3) is 0 Å². The third-order valence-corrected chi connectivity index (χ3v) is 5.49. The number of hydrogen-bond acceptors (Lipinski definition) is 5. The van der Waals surface area contributed by atoms with Crippen LogP contribution in [0.15, 0.2) is 6.20 Å². The first-order valence-corrected chi connectivity index (χ1v) is 8.25. The molecule has 0 saturated carbocycles. The molecule has 0 N–H and O–H groups in total. The maximum Gasteiger partial charge on any atom is 0.224 e. The summed E-state index contributed by atoms with van der Waals surface area (Å²) in [5.74, 6) is 3.54. The van der Waals surface area contributed by atoms with E-state index >= 15 is 0 Å². The summed E-state index contributed by atoms with van der Waals surface area (Å²) in [7, 11) is 1.38. The fourth-order valence-electron chi connectivity index (χ4n) is 2.79. The van der Waals surface area contributed by atoms with Crippen LogP contribution in [0.5, 0.6) is 5.75 Å². The Kier molecular flexibility index (Phi) is 3.62. The Labute approximate surface area is 119 Å². The average Bonchev–Trinajstić information content (AvgIpc) is 2.41. The van der Waals surface area contributed by atoms with E-state index in [4.69, 9.17) is 16.3 Å². The molecule has 19 heavy (non-hydrogen) atoms. The van der Waals surface area contributed by atoms with Gasteiger partial charge in [-0.2, -0.15) is 4.98 Å². The Hall–Kier alpha value is -0.880.